The molecule has 0 spiro atoms. The smallest absolute Gasteiger partial charge is 0.264 e. The van der Waals surface area contributed by atoms with Gasteiger partial charge in [-0.05, 0) is 79.8 Å². The van der Waals surface area contributed by atoms with E-state index < -0.39 is 26.0 Å². The van der Waals surface area contributed by atoms with Crippen molar-refractivity contribution in [1.29, 1.82) is 0 Å². The quantitative estimate of drug-likeness (QED) is 0.526. The van der Waals surface area contributed by atoms with Crippen molar-refractivity contribution >= 4 is 37.3 Å². The highest BCUT2D eigenvalue weighted by molar-refractivity contribution is 7.92. The number of carbonyl (C=O) groups is 1. The van der Waals surface area contributed by atoms with Gasteiger partial charge >= 0.3 is 0 Å². The number of nitrogens with zero attached hydrogens (tertiary/aromatic N) is 2. The van der Waals surface area contributed by atoms with E-state index in [2.05, 4.69) is 5.32 Å². The van der Waals surface area contributed by atoms with Gasteiger partial charge in [0, 0.05) is 30.9 Å². The zero-order valence-electron chi connectivity index (χ0n) is 19.6. The number of carbonyl (C=O) groups excluding carboxylic acids is 1. The minimum Gasteiger partial charge on any atom is -0.322 e. The number of anilines is 2. The molecule has 0 aromatic heterocycles. The van der Waals surface area contributed by atoms with Crippen molar-refractivity contribution in [3.05, 3.63) is 83.9 Å². The van der Waals surface area contributed by atoms with Gasteiger partial charge in [-0.3, -0.25) is 9.10 Å². The lowest BCUT2D eigenvalue weighted by atomic mass is 10.0. The molecular formula is C26H27N3O5S2. The zero-order valence-corrected chi connectivity index (χ0v) is 21.3. The molecular weight excluding hydrogens is 498 g/mol. The van der Waals surface area contributed by atoms with Crippen molar-refractivity contribution in [2.24, 2.45) is 0 Å². The molecule has 0 atom stereocenters. The standard InChI is InChI=1S/C26H27N3O5S2/c30-26(21-8-5-10-24(19-21)35(31,32)28-16-3-4-17-28)27-22-12-14-23(15-13-22)36(33,34)29-18-6-9-20-7-1-2-11-25(20)29/h1-2,5,7-8,10-15,19H,3-4,6,9,16-18H2,(H,27,30). The average Bonchev–Trinajstić information content (AvgIpc) is 3.45. The Morgan fingerprint density at radius 1 is 0.722 bits per heavy atom. The summed E-state index contributed by atoms with van der Waals surface area (Å²) in [4.78, 5) is 13.1. The van der Waals surface area contributed by atoms with Gasteiger partial charge in [0.05, 0.1) is 15.5 Å². The third kappa shape index (κ3) is 4.63. The lowest BCUT2D eigenvalue weighted by Gasteiger charge is -2.30. The first kappa shape index (κ1) is 24.5. The number of benzene rings is 3. The van der Waals surface area contributed by atoms with E-state index in [1.165, 1.54) is 45.0 Å². The van der Waals surface area contributed by atoms with Crippen LogP contribution in [0.3, 0.4) is 0 Å². The van der Waals surface area contributed by atoms with E-state index in [1.54, 1.807) is 12.1 Å². The fourth-order valence-corrected chi connectivity index (χ4v) is 7.77. The summed E-state index contributed by atoms with van der Waals surface area (Å²) in [6, 6.07) is 19.5. The molecule has 10 heteroatoms. The maximum absolute atomic E-state index is 13.3. The van der Waals surface area contributed by atoms with Crippen LogP contribution in [0.4, 0.5) is 11.4 Å². The molecule has 36 heavy (non-hydrogen) atoms. The predicted octanol–water partition coefficient (Wildman–Crippen LogP) is 3.86. The van der Waals surface area contributed by atoms with Crippen molar-refractivity contribution in [3.63, 3.8) is 0 Å². The number of hydrogen-bond donors (Lipinski definition) is 1. The minimum atomic E-state index is -3.75. The summed E-state index contributed by atoms with van der Waals surface area (Å²) in [7, 11) is -7.39. The van der Waals surface area contributed by atoms with Crippen LogP contribution in [0.25, 0.3) is 0 Å². The molecule has 0 unspecified atom stereocenters. The number of sulfonamides is 2. The van der Waals surface area contributed by atoms with Crippen molar-refractivity contribution in [2.75, 3.05) is 29.3 Å². The van der Waals surface area contributed by atoms with Crippen LogP contribution in [0, 0.1) is 0 Å². The normalized spacial score (nSPS) is 16.5. The van der Waals surface area contributed by atoms with Gasteiger partial charge in [-0.2, -0.15) is 4.31 Å². The van der Waals surface area contributed by atoms with Gasteiger partial charge in [-0.1, -0.05) is 24.3 Å². The molecule has 1 N–H and O–H groups in total. The summed E-state index contributed by atoms with van der Waals surface area (Å²) in [5.41, 5.74) is 2.32. The number of hydrogen-bond acceptors (Lipinski definition) is 5. The van der Waals surface area contributed by atoms with Gasteiger partial charge in [0.2, 0.25) is 10.0 Å². The second kappa shape index (κ2) is 9.68. The Morgan fingerprint density at radius 3 is 2.19 bits per heavy atom. The highest BCUT2D eigenvalue weighted by Gasteiger charge is 2.29. The molecule has 2 heterocycles. The molecule has 1 fully saturated rings. The lowest BCUT2D eigenvalue weighted by Crippen LogP contribution is -2.35. The minimum absolute atomic E-state index is 0.0836. The Kier molecular flexibility index (Phi) is 6.59. The Hall–Kier alpha value is -3.21. The highest BCUT2D eigenvalue weighted by Crippen LogP contribution is 2.32. The van der Waals surface area contributed by atoms with Crippen LogP contribution in [-0.4, -0.2) is 46.7 Å². The first-order valence-corrected chi connectivity index (χ1v) is 14.8. The number of rotatable bonds is 6. The van der Waals surface area contributed by atoms with Gasteiger partial charge in [0.1, 0.15) is 0 Å². The molecule has 0 aliphatic carbocycles. The maximum atomic E-state index is 13.3. The first-order chi connectivity index (χ1) is 17.3. The van der Waals surface area contributed by atoms with E-state index in [0.717, 1.165) is 31.2 Å². The molecule has 2 aliphatic heterocycles. The first-order valence-electron chi connectivity index (χ1n) is 11.9. The van der Waals surface area contributed by atoms with E-state index in [-0.39, 0.29) is 15.4 Å². The largest absolute Gasteiger partial charge is 0.322 e. The molecule has 1 amide bonds. The van der Waals surface area contributed by atoms with Crippen LogP contribution in [-0.2, 0) is 26.5 Å². The van der Waals surface area contributed by atoms with Crippen LogP contribution in [0.15, 0.2) is 82.6 Å². The highest BCUT2D eigenvalue weighted by atomic mass is 32.2. The molecule has 1 saturated heterocycles. The summed E-state index contributed by atoms with van der Waals surface area (Å²) >= 11 is 0. The second-order valence-electron chi connectivity index (χ2n) is 8.93. The third-order valence-corrected chi connectivity index (χ3v) is 10.3. The molecule has 0 bridgehead atoms. The lowest BCUT2D eigenvalue weighted by molar-refractivity contribution is 0.102. The monoisotopic (exact) mass is 525 g/mol. The molecule has 0 saturated carbocycles. The van der Waals surface area contributed by atoms with Crippen LogP contribution in [0.2, 0.25) is 0 Å². The molecule has 2 aliphatic rings. The van der Waals surface area contributed by atoms with Crippen molar-refractivity contribution in [2.45, 2.75) is 35.5 Å². The SMILES string of the molecule is O=C(Nc1ccc(S(=O)(=O)N2CCCc3ccccc32)cc1)c1cccc(S(=O)(=O)N2CCCC2)c1. The average molecular weight is 526 g/mol. The molecule has 3 aromatic carbocycles. The molecule has 0 radical (unpaired) electrons. The molecule has 5 rings (SSSR count). The Labute approximate surface area is 211 Å². The number of aryl methyl sites for hydroxylation is 1. The number of nitrogens with one attached hydrogen (secondary N) is 1. The van der Waals surface area contributed by atoms with Crippen molar-refractivity contribution in [3.8, 4) is 0 Å². The van der Waals surface area contributed by atoms with Gasteiger partial charge in [-0.15, -0.1) is 0 Å². The van der Waals surface area contributed by atoms with Crippen molar-refractivity contribution < 1.29 is 21.6 Å². The summed E-state index contributed by atoms with van der Waals surface area (Å²) in [6.07, 6.45) is 3.25. The second-order valence-corrected chi connectivity index (χ2v) is 12.7. The van der Waals surface area contributed by atoms with Gasteiger partial charge in [-0.25, -0.2) is 16.8 Å². The third-order valence-electron chi connectivity index (χ3n) is 6.57. The fourth-order valence-electron chi connectivity index (χ4n) is 4.66. The Bertz CT molecular complexity index is 1500. The zero-order chi connectivity index (χ0) is 25.3. The van der Waals surface area contributed by atoms with E-state index in [1.807, 2.05) is 24.3 Å². The number of fused-ring (bicyclic) bond motifs is 1. The summed E-state index contributed by atoms with van der Waals surface area (Å²) in [6.45, 7) is 1.38. The summed E-state index contributed by atoms with van der Waals surface area (Å²) < 4.78 is 55.2. The van der Waals surface area contributed by atoms with Gasteiger partial charge in [0.25, 0.3) is 15.9 Å². The summed E-state index contributed by atoms with van der Waals surface area (Å²) in [5, 5.41) is 2.72. The molecule has 188 valence electrons. The van der Waals surface area contributed by atoms with Crippen LogP contribution < -0.4 is 9.62 Å². The van der Waals surface area contributed by atoms with Crippen LogP contribution in [0.5, 0.6) is 0 Å². The maximum Gasteiger partial charge on any atom is 0.264 e. The van der Waals surface area contributed by atoms with Crippen LogP contribution in [0.1, 0.15) is 35.2 Å². The Morgan fingerprint density at radius 2 is 1.44 bits per heavy atom. The number of para-hydroxylation sites is 1. The van der Waals surface area contributed by atoms with Gasteiger partial charge < -0.3 is 5.32 Å². The van der Waals surface area contributed by atoms with E-state index >= 15 is 0 Å². The molecule has 3 aromatic rings. The van der Waals surface area contributed by atoms with Crippen LogP contribution >= 0.6 is 0 Å². The predicted molar refractivity (Wildman–Crippen MR) is 138 cm³/mol. The summed E-state index contributed by atoms with van der Waals surface area (Å²) in [5.74, 6) is -0.478. The van der Waals surface area contributed by atoms with Gasteiger partial charge in [0.15, 0.2) is 0 Å². The Balaban J connectivity index is 1.33. The van der Waals surface area contributed by atoms with E-state index in [0.29, 0.717) is 31.0 Å². The topological polar surface area (TPSA) is 104 Å². The molecule has 8 nitrogen and oxygen atoms in total. The van der Waals surface area contributed by atoms with E-state index in [9.17, 15) is 21.6 Å². The number of amides is 1. The van der Waals surface area contributed by atoms with Crippen molar-refractivity contribution in [1.82, 2.24) is 4.31 Å². The fraction of sp³-hybridized carbons (Fsp3) is 0.269. The van der Waals surface area contributed by atoms with E-state index in [4.69, 9.17) is 0 Å².